The molecule has 2 nitrogen and oxygen atoms in total. The first kappa shape index (κ1) is 7.56. The van der Waals surface area contributed by atoms with Gasteiger partial charge in [0.25, 0.3) is 0 Å². The molecule has 0 aromatic rings. The van der Waals surface area contributed by atoms with E-state index >= 15 is 0 Å². The third-order valence-electron chi connectivity index (χ3n) is 3.52. The second kappa shape index (κ2) is 2.46. The summed E-state index contributed by atoms with van der Waals surface area (Å²) in [4.78, 5) is 2.35. The van der Waals surface area contributed by atoms with Crippen molar-refractivity contribution in [1.29, 1.82) is 0 Å². The van der Waals surface area contributed by atoms with E-state index in [1.165, 1.54) is 12.8 Å². The zero-order valence-electron chi connectivity index (χ0n) is 7.33. The van der Waals surface area contributed by atoms with Gasteiger partial charge in [-0.15, -0.1) is 0 Å². The van der Waals surface area contributed by atoms with E-state index in [1.54, 1.807) is 0 Å². The Hall–Kier alpha value is -0.0800. The molecule has 0 bridgehead atoms. The minimum Gasteiger partial charge on any atom is -0.391 e. The molecular formula is C9H17NO. The molecule has 2 rings (SSSR count). The number of hydrogen-bond acceptors (Lipinski definition) is 2. The zero-order chi connectivity index (χ0) is 8.01. The van der Waals surface area contributed by atoms with Crippen molar-refractivity contribution < 1.29 is 5.11 Å². The molecule has 1 aliphatic carbocycles. The van der Waals surface area contributed by atoms with Gasteiger partial charge in [0.2, 0.25) is 0 Å². The van der Waals surface area contributed by atoms with Crippen LogP contribution in [0.1, 0.15) is 26.2 Å². The molecule has 2 aliphatic rings. The van der Waals surface area contributed by atoms with Crippen molar-refractivity contribution in [3.8, 4) is 0 Å². The summed E-state index contributed by atoms with van der Waals surface area (Å²) in [6, 6.07) is 1.16. The number of rotatable bonds is 0. The van der Waals surface area contributed by atoms with Crippen molar-refractivity contribution in [1.82, 2.24) is 4.90 Å². The van der Waals surface area contributed by atoms with E-state index in [-0.39, 0.29) is 6.10 Å². The standard InChI is InChI=1S/C9H17NO/c1-6-5-7-3-4-8(11)9(7)10(6)2/h6-9,11H,3-5H2,1-2H3. The lowest BCUT2D eigenvalue weighted by molar-refractivity contribution is 0.0864. The Bertz CT molecular complexity index is 158. The molecule has 1 saturated carbocycles. The molecular weight excluding hydrogens is 138 g/mol. The van der Waals surface area contributed by atoms with Crippen molar-refractivity contribution in [2.75, 3.05) is 7.05 Å². The molecule has 11 heavy (non-hydrogen) atoms. The van der Waals surface area contributed by atoms with Crippen LogP contribution in [0.2, 0.25) is 0 Å². The lowest BCUT2D eigenvalue weighted by Gasteiger charge is -2.25. The summed E-state index contributed by atoms with van der Waals surface area (Å²) >= 11 is 0. The summed E-state index contributed by atoms with van der Waals surface area (Å²) in [6.45, 7) is 2.26. The van der Waals surface area contributed by atoms with Crippen LogP contribution in [0.3, 0.4) is 0 Å². The second-order valence-corrected chi connectivity index (χ2v) is 4.15. The number of nitrogens with zero attached hydrogens (tertiary/aromatic N) is 1. The number of likely N-dealkylation sites (N-methyl/N-ethyl adjacent to an activating group) is 1. The maximum Gasteiger partial charge on any atom is 0.0698 e. The number of aliphatic hydroxyl groups excluding tert-OH is 1. The monoisotopic (exact) mass is 155 g/mol. The quantitative estimate of drug-likeness (QED) is 0.560. The Labute approximate surface area is 68.2 Å². The molecule has 1 heterocycles. The van der Waals surface area contributed by atoms with Crippen LogP contribution in [-0.2, 0) is 0 Å². The van der Waals surface area contributed by atoms with Crippen LogP contribution in [0.25, 0.3) is 0 Å². The summed E-state index contributed by atoms with van der Waals surface area (Å²) in [5.41, 5.74) is 0. The van der Waals surface area contributed by atoms with Crippen molar-refractivity contribution in [3.05, 3.63) is 0 Å². The van der Waals surface area contributed by atoms with Gasteiger partial charge in [0, 0.05) is 12.1 Å². The van der Waals surface area contributed by atoms with E-state index in [1.807, 2.05) is 0 Å². The van der Waals surface area contributed by atoms with Crippen LogP contribution in [-0.4, -0.2) is 35.2 Å². The van der Waals surface area contributed by atoms with Crippen LogP contribution in [0.4, 0.5) is 0 Å². The fourth-order valence-electron chi connectivity index (χ4n) is 2.80. The summed E-state index contributed by atoms with van der Waals surface area (Å²) in [5, 5.41) is 9.65. The fourth-order valence-corrected chi connectivity index (χ4v) is 2.80. The molecule has 2 heteroatoms. The molecule has 2 fully saturated rings. The van der Waals surface area contributed by atoms with E-state index in [2.05, 4.69) is 18.9 Å². The molecule has 0 aromatic carbocycles. The molecule has 1 N–H and O–H groups in total. The summed E-state index contributed by atoms with van der Waals surface area (Å²) in [6.07, 6.45) is 3.50. The Morgan fingerprint density at radius 1 is 1.36 bits per heavy atom. The maximum atomic E-state index is 9.65. The van der Waals surface area contributed by atoms with Gasteiger partial charge in [0.05, 0.1) is 6.10 Å². The average Bonchev–Trinajstić information content (AvgIpc) is 2.41. The molecule has 1 aliphatic heterocycles. The SMILES string of the molecule is CC1CC2CCC(O)C2N1C. The summed E-state index contributed by atoms with van der Waals surface area (Å²) < 4.78 is 0. The highest BCUT2D eigenvalue weighted by Gasteiger charge is 2.44. The molecule has 0 radical (unpaired) electrons. The zero-order valence-corrected chi connectivity index (χ0v) is 7.33. The van der Waals surface area contributed by atoms with E-state index < -0.39 is 0 Å². The molecule has 64 valence electrons. The Morgan fingerprint density at radius 2 is 2.09 bits per heavy atom. The number of aliphatic hydroxyl groups is 1. The predicted octanol–water partition coefficient (Wildman–Crippen LogP) is 0.850. The van der Waals surface area contributed by atoms with Gasteiger partial charge in [-0.1, -0.05) is 0 Å². The van der Waals surface area contributed by atoms with Gasteiger partial charge in [-0.25, -0.2) is 0 Å². The first-order valence-electron chi connectivity index (χ1n) is 4.60. The highest BCUT2D eigenvalue weighted by molar-refractivity contribution is 4.98. The number of fused-ring (bicyclic) bond motifs is 1. The first-order chi connectivity index (χ1) is 5.20. The van der Waals surface area contributed by atoms with Gasteiger partial charge < -0.3 is 5.11 Å². The molecule has 4 unspecified atom stereocenters. The third kappa shape index (κ3) is 1.00. The van der Waals surface area contributed by atoms with Crippen LogP contribution in [0, 0.1) is 5.92 Å². The molecule has 1 saturated heterocycles. The topological polar surface area (TPSA) is 23.5 Å². The maximum absolute atomic E-state index is 9.65. The Balaban J connectivity index is 2.13. The van der Waals surface area contributed by atoms with Crippen LogP contribution in [0.5, 0.6) is 0 Å². The molecule has 0 spiro atoms. The third-order valence-corrected chi connectivity index (χ3v) is 3.52. The minimum atomic E-state index is -0.0463. The predicted molar refractivity (Wildman–Crippen MR) is 44.4 cm³/mol. The van der Waals surface area contributed by atoms with Gasteiger partial charge in [0.15, 0.2) is 0 Å². The summed E-state index contributed by atoms with van der Waals surface area (Å²) in [7, 11) is 2.14. The van der Waals surface area contributed by atoms with Crippen molar-refractivity contribution >= 4 is 0 Å². The van der Waals surface area contributed by atoms with Crippen LogP contribution in [0.15, 0.2) is 0 Å². The number of likely N-dealkylation sites (tertiary alicyclic amines) is 1. The van der Waals surface area contributed by atoms with Gasteiger partial charge in [-0.2, -0.15) is 0 Å². The highest BCUT2D eigenvalue weighted by atomic mass is 16.3. The normalized spacial score (nSPS) is 51.5. The number of hydrogen-bond donors (Lipinski definition) is 1. The fraction of sp³-hybridized carbons (Fsp3) is 1.00. The van der Waals surface area contributed by atoms with Crippen molar-refractivity contribution in [2.45, 2.75) is 44.4 Å². The van der Waals surface area contributed by atoms with Gasteiger partial charge in [-0.3, -0.25) is 4.90 Å². The smallest absolute Gasteiger partial charge is 0.0698 e. The van der Waals surface area contributed by atoms with E-state index in [9.17, 15) is 5.11 Å². The van der Waals surface area contributed by atoms with Gasteiger partial charge in [0.1, 0.15) is 0 Å². The van der Waals surface area contributed by atoms with Gasteiger partial charge in [-0.05, 0) is 39.2 Å². The minimum absolute atomic E-state index is 0.0463. The second-order valence-electron chi connectivity index (χ2n) is 4.15. The highest BCUT2D eigenvalue weighted by Crippen LogP contribution is 2.39. The van der Waals surface area contributed by atoms with E-state index in [0.717, 1.165) is 12.3 Å². The molecule has 0 amide bonds. The summed E-state index contributed by atoms with van der Waals surface area (Å²) in [5.74, 6) is 0.782. The lowest BCUT2D eigenvalue weighted by atomic mass is 10.0. The molecule has 4 atom stereocenters. The Morgan fingerprint density at radius 3 is 2.73 bits per heavy atom. The Kier molecular flexibility index (Phi) is 1.69. The van der Waals surface area contributed by atoms with Gasteiger partial charge >= 0.3 is 0 Å². The average molecular weight is 155 g/mol. The molecule has 0 aromatic heterocycles. The van der Waals surface area contributed by atoms with E-state index in [4.69, 9.17) is 0 Å². The largest absolute Gasteiger partial charge is 0.391 e. The van der Waals surface area contributed by atoms with Crippen LogP contribution < -0.4 is 0 Å². The van der Waals surface area contributed by atoms with Crippen LogP contribution >= 0.6 is 0 Å². The first-order valence-corrected chi connectivity index (χ1v) is 4.60. The van der Waals surface area contributed by atoms with E-state index in [0.29, 0.717) is 12.1 Å². The van der Waals surface area contributed by atoms with Crippen molar-refractivity contribution in [2.24, 2.45) is 5.92 Å². The lowest BCUT2D eigenvalue weighted by Crippen LogP contribution is -2.38. The van der Waals surface area contributed by atoms with Crippen molar-refractivity contribution in [3.63, 3.8) is 0 Å².